The molecule has 0 aliphatic rings. The highest BCUT2D eigenvalue weighted by Crippen LogP contribution is 2.27. The zero-order valence-electron chi connectivity index (χ0n) is 12.5. The predicted molar refractivity (Wildman–Crippen MR) is 91.7 cm³/mol. The predicted octanol–water partition coefficient (Wildman–Crippen LogP) is 3.73. The average Bonchev–Trinajstić information content (AvgIpc) is 2.54. The van der Waals surface area contributed by atoms with E-state index in [1.807, 2.05) is 31.2 Å². The molecule has 0 aliphatic heterocycles. The van der Waals surface area contributed by atoms with Gasteiger partial charge < -0.3 is 15.2 Å². The highest BCUT2D eigenvalue weighted by molar-refractivity contribution is 9.10. The third-order valence-electron chi connectivity index (χ3n) is 3.19. The second-order valence-corrected chi connectivity index (χ2v) is 5.86. The third-order valence-corrected chi connectivity index (χ3v) is 3.84. The molecule has 2 aromatic carbocycles. The number of hydrogen-bond acceptors (Lipinski definition) is 5. The topological polar surface area (TPSA) is 84.6 Å². The first-order valence-electron chi connectivity index (χ1n) is 7.04. The summed E-state index contributed by atoms with van der Waals surface area (Å²) in [4.78, 5) is 10.6. The van der Waals surface area contributed by atoms with Gasteiger partial charge in [0.2, 0.25) is 0 Å². The third kappa shape index (κ3) is 4.67. The summed E-state index contributed by atoms with van der Waals surface area (Å²) in [6.45, 7) is 2.08. The van der Waals surface area contributed by atoms with Crippen LogP contribution in [0.5, 0.6) is 5.75 Å². The number of aliphatic hydroxyl groups excluding tert-OH is 1. The molecule has 0 aromatic heterocycles. The number of nitro groups is 1. The summed E-state index contributed by atoms with van der Waals surface area (Å²) in [5.74, 6) is 0.709. The van der Waals surface area contributed by atoms with Crippen LogP contribution >= 0.6 is 15.9 Å². The Morgan fingerprint density at radius 2 is 2.09 bits per heavy atom. The summed E-state index contributed by atoms with van der Waals surface area (Å²) in [6.07, 6.45) is -0.203. The lowest BCUT2D eigenvalue weighted by Gasteiger charge is -2.17. The fraction of sp³-hybridized carbons (Fsp3) is 0.250. The number of nitrogens with zero attached hydrogens (tertiary/aromatic N) is 1. The first-order chi connectivity index (χ1) is 11.0. The van der Waals surface area contributed by atoms with E-state index in [4.69, 9.17) is 9.84 Å². The maximum absolute atomic E-state index is 11.1. The molecule has 2 N–H and O–H groups in total. The molecule has 122 valence electrons. The summed E-state index contributed by atoms with van der Waals surface area (Å²) in [5.41, 5.74) is 0.942. The van der Waals surface area contributed by atoms with Gasteiger partial charge >= 0.3 is 0 Å². The monoisotopic (exact) mass is 380 g/mol. The molecular formula is C16H17BrN2O4. The van der Waals surface area contributed by atoms with Gasteiger partial charge in [-0.2, -0.15) is 0 Å². The molecule has 0 aliphatic carbocycles. The maximum Gasteiger partial charge on any atom is 0.292 e. The van der Waals surface area contributed by atoms with Crippen LogP contribution in [-0.4, -0.2) is 22.7 Å². The van der Waals surface area contributed by atoms with E-state index in [0.717, 1.165) is 4.47 Å². The Bertz CT molecular complexity index is 694. The molecule has 2 rings (SSSR count). The molecule has 0 spiro atoms. The van der Waals surface area contributed by atoms with E-state index in [9.17, 15) is 10.1 Å². The van der Waals surface area contributed by atoms with Crippen LogP contribution in [0.1, 0.15) is 12.5 Å². The van der Waals surface area contributed by atoms with Gasteiger partial charge in [-0.05, 0) is 52.7 Å². The number of rotatable bonds is 7. The molecule has 0 bridgehead atoms. The highest BCUT2D eigenvalue weighted by atomic mass is 79.9. The second kappa shape index (κ2) is 7.94. The molecule has 7 heteroatoms. The highest BCUT2D eigenvalue weighted by Gasteiger charge is 2.15. The lowest BCUT2D eigenvalue weighted by Crippen LogP contribution is -2.23. The van der Waals surface area contributed by atoms with Crippen LogP contribution in [0.3, 0.4) is 0 Å². The lowest BCUT2D eigenvalue weighted by atomic mass is 10.1. The Balaban J connectivity index is 2.05. The van der Waals surface area contributed by atoms with Gasteiger partial charge in [-0.25, -0.2) is 0 Å². The van der Waals surface area contributed by atoms with E-state index >= 15 is 0 Å². The van der Waals surface area contributed by atoms with Gasteiger partial charge in [0.1, 0.15) is 17.5 Å². The van der Waals surface area contributed by atoms with E-state index in [0.29, 0.717) is 23.5 Å². The molecule has 0 radical (unpaired) electrons. The van der Waals surface area contributed by atoms with Crippen molar-refractivity contribution in [3.05, 3.63) is 62.6 Å². The van der Waals surface area contributed by atoms with Gasteiger partial charge in [-0.1, -0.05) is 12.1 Å². The van der Waals surface area contributed by atoms with Gasteiger partial charge in [-0.3, -0.25) is 10.1 Å². The summed E-state index contributed by atoms with van der Waals surface area (Å²) in [5, 5.41) is 23.2. The van der Waals surface area contributed by atoms with E-state index < -0.39 is 4.92 Å². The average molecular weight is 381 g/mol. The van der Waals surface area contributed by atoms with Crippen LogP contribution in [0.15, 0.2) is 46.9 Å². The summed E-state index contributed by atoms with van der Waals surface area (Å²) < 4.78 is 6.64. The van der Waals surface area contributed by atoms with Crippen LogP contribution in [0.4, 0.5) is 11.4 Å². The Morgan fingerprint density at radius 3 is 2.74 bits per heavy atom. The van der Waals surface area contributed by atoms with E-state index in [-0.39, 0.29) is 18.4 Å². The molecule has 0 fully saturated rings. The number of nitrogens with one attached hydrogen (secondary N) is 1. The summed E-state index contributed by atoms with van der Waals surface area (Å²) in [7, 11) is 0. The molecule has 0 saturated heterocycles. The van der Waals surface area contributed by atoms with Crippen LogP contribution in [-0.2, 0) is 6.61 Å². The number of anilines is 1. The van der Waals surface area contributed by atoms with Crippen molar-refractivity contribution in [3.63, 3.8) is 0 Å². The Labute approximate surface area is 142 Å². The maximum atomic E-state index is 11.1. The second-order valence-electron chi connectivity index (χ2n) is 5.01. The first kappa shape index (κ1) is 17.2. The number of ether oxygens (including phenoxy) is 1. The van der Waals surface area contributed by atoms with Crippen molar-refractivity contribution in [2.75, 3.05) is 11.9 Å². The normalized spacial score (nSPS) is 11.8. The molecule has 6 nitrogen and oxygen atoms in total. The van der Waals surface area contributed by atoms with E-state index in [2.05, 4.69) is 21.2 Å². The number of aliphatic hydroxyl groups is 1. The van der Waals surface area contributed by atoms with Gasteiger partial charge in [0.15, 0.2) is 0 Å². The quantitative estimate of drug-likeness (QED) is 0.564. The fourth-order valence-electron chi connectivity index (χ4n) is 2.03. The molecule has 2 aromatic rings. The number of para-hydroxylation sites is 1. The fourth-order valence-corrected chi connectivity index (χ4v) is 2.41. The van der Waals surface area contributed by atoms with Crippen LogP contribution < -0.4 is 10.1 Å². The first-order valence-corrected chi connectivity index (χ1v) is 7.83. The van der Waals surface area contributed by atoms with Gasteiger partial charge in [-0.15, -0.1) is 0 Å². The number of halogens is 1. The smallest absolute Gasteiger partial charge is 0.292 e. The van der Waals surface area contributed by atoms with Crippen molar-refractivity contribution in [1.82, 2.24) is 0 Å². The number of hydrogen-bond donors (Lipinski definition) is 2. The largest absolute Gasteiger partial charge is 0.488 e. The summed E-state index contributed by atoms with van der Waals surface area (Å²) >= 11 is 3.41. The Hall–Kier alpha value is -2.12. The van der Waals surface area contributed by atoms with Crippen molar-refractivity contribution in [2.24, 2.45) is 0 Å². The number of benzene rings is 2. The van der Waals surface area contributed by atoms with Gasteiger partial charge in [0, 0.05) is 6.07 Å². The lowest BCUT2D eigenvalue weighted by molar-refractivity contribution is -0.384. The van der Waals surface area contributed by atoms with Crippen molar-refractivity contribution in [2.45, 2.75) is 19.6 Å². The van der Waals surface area contributed by atoms with Crippen LogP contribution in [0, 0.1) is 10.1 Å². The van der Waals surface area contributed by atoms with Crippen molar-refractivity contribution in [1.29, 1.82) is 0 Å². The standard InChI is InChI=1S/C16H17BrN2O4/c1-11(23-16-5-3-2-4-13(16)17)9-18-14-8-12(10-20)6-7-15(14)19(21)22/h2-8,11,18,20H,9-10H2,1H3. The minimum atomic E-state index is -0.456. The molecule has 23 heavy (non-hydrogen) atoms. The molecule has 1 atom stereocenters. The SMILES string of the molecule is CC(CNc1cc(CO)ccc1[N+](=O)[O-])Oc1ccccc1Br. The molecule has 0 saturated carbocycles. The van der Waals surface area contributed by atoms with Gasteiger partial charge in [0.05, 0.1) is 22.5 Å². The van der Waals surface area contributed by atoms with Crippen molar-refractivity contribution >= 4 is 27.3 Å². The van der Waals surface area contributed by atoms with Crippen molar-refractivity contribution < 1.29 is 14.8 Å². The van der Waals surface area contributed by atoms with Crippen LogP contribution in [0.2, 0.25) is 0 Å². The number of nitro benzene ring substituents is 1. The zero-order valence-corrected chi connectivity index (χ0v) is 14.1. The summed E-state index contributed by atoms with van der Waals surface area (Å²) in [6, 6.07) is 12.0. The van der Waals surface area contributed by atoms with E-state index in [1.165, 1.54) is 12.1 Å². The van der Waals surface area contributed by atoms with Crippen molar-refractivity contribution in [3.8, 4) is 5.75 Å². The Morgan fingerprint density at radius 1 is 1.35 bits per heavy atom. The molecular weight excluding hydrogens is 364 g/mol. The minimum absolute atomic E-state index is 0.0321. The Kier molecular flexibility index (Phi) is 5.95. The minimum Gasteiger partial charge on any atom is -0.488 e. The zero-order chi connectivity index (χ0) is 16.8. The van der Waals surface area contributed by atoms with Crippen LogP contribution in [0.25, 0.3) is 0 Å². The van der Waals surface area contributed by atoms with Gasteiger partial charge in [0.25, 0.3) is 5.69 Å². The van der Waals surface area contributed by atoms with E-state index in [1.54, 1.807) is 6.07 Å². The molecule has 0 amide bonds. The molecule has 0 heterocycles. The molecule has 1 unspecified atom stereocenters.